The maximum absolute atomic E-state index is 12.0. The fraction of sp³-hybridized carbons (Fsp3) is 0.429. The second-order valence-corrected chi connectivity index (χ2v) is 3.84. The van der Waals surface area contributed by atoms with E-state index in [1.807, 2.05) is 0 Å². The van der Waals surface area contributed by atoms with Crippen molar-refractivity contribution in [2.45, 2.75) is 25.4 Å². The highest BCUT2D eigenvalue weighted by Gasteiger charge is 2.26. The maximum atomic E-state index is 12.0. The standard InChI is InChI=1S/C14H15F3O2/c15-14(16,17)9-5-11-19-13-8-2-1-6-12(13)7-3-4-10-18/h1-2,6,8,18H,4-5,9-11H2. The lowest BCUT2D eigenvalue weighted by Gasteiger charge is -2.09. The van der Waals surface area contributed by atoms with E-state index in [-0.39, 0.29) is 19.6 Å². The van der Waals surface area contributed by atoms with Gasteiger partial charge in [-0.3, -0.25) is 0 Å². The Morgan fingerprint density at radius 1 is 1.21 bits per heavy atom. The molecule has 1 rings (SSSR count). The number of benzene rings is 1. The average molecular weight is 272 g/mol. The van der Waals surface area contributed by atoms with E-state index < -0.39 is 12.6 Å². The van der Waals surface area contributed by atoms with Crippen molar-refractivity contribution in [3.8, 4) is 17.6 Å². The van der Waals surface area contributed by atoms with E-state index in [1.165, 1.54) is 0 Å². The van der Waals surface area contributed by atoms with Gasteiger partial charge in [0.2, 0.25) is 0 Å². The highest BCUT2D eigenvalue weighted by atomic mass is 19.4. The zero-order valence-electron chi connectivity index (χ0n) is 10.3. The summed E-state index contributed by atoms with van der Waals surface area (Å²) in [7, 11) is 0. The Kier molecular flexibility index (Phi) is 6.23. The van der Waals surface area contributed by atoms with Crippen molar-refractivity contribution in [1.82, 2.24) is 0 Å². The molecule has 0 aromatic heterocycles. The summed E-state index contributed by atoms with van der Waals surface area (Å²) in [4.78, 5) is 0. The monoisotopic (exact) mass is 272 g/mol. The molecule has 0 atom stereocenters. The molecule has 2 nitrogen and oxygen atoms in total. The number of halogens is 3. The zero-order valence-corrected chi connectivity index (χ0v) is 10.3. The lowest BCUT2D eigenvalue weighted by Crippen LogP contribution is -2.10. The summed E-state index contributed by atoms with van der Waals surface area (Å²) in [6.07, 6.45) is -4.74. The minimum atomic E-state index is -4.15. The van der Waals surface area contributed by atoms with Crippen LogP contribution in [0.15, 0.2) is 24.3 Å². The molecular weight excluding hydrogens is 257 g/mol. The Morgan fingerprint density at radius 2 is 1.95 bits per heavy atom. The third-order valence-electron chi connectivity index (χ3n) is 2.21. The van der Waals surface area contributed by atoms with Crippen LogP contribution >= 0.6 is 0 Å². The summed E-state index contributed by atoms with van der Waals surface area (Å²) in [6, 6.07) is 6.89. The molecule has 0 amide bonds. The van der Waals surface area contributed by atoms with E-state index in [1.54, 1.807) is 24.3 Å². The molecule has 1 N–H and O–H groups in total. The fourth-order valence-electron chi connectivity index (χ4n) is 1.36. The van der Waals surface area contributed by atoms with E-state index >= 15 is 0 Å². The SMILES string of the molecule is OCCC#Cc1ccccc1OCCCC(F)(F)F. The van der Waals surface area contributed by atoms with Crippen LogP contribution in [0.25, 0.3) is 0 Å². The Bertz CT molecular complexity index is 444. The number of ether oxygens (including phenoxy) is 1. The Morgan fingerprint density at radius 3 is 2.63 bits per heavy atom. The molecule has 0 bridgehead atoms. The van der Waals surface area contributed by atoms with Crippen molar-refractivity contribution < 1.29 is 23.0 Å². The molecule has 0 saturated carbocycles. The second kappa shape index (κ2) is 7.70. The largest absolute Gasteiger partial charge is 0.492 e. The molecule has 0 aliphatic heterocycles. The van der Waals surface area contributed by atoms with Gasteiger partial charge in [0.15, 0.2) is 0 Å². The summed E-state index contributed by atoms with van der Waals surface area (Å²) in [6.45, 7) is -0.0280. The number of alkyl halides is 3. The molecule has 0 aliphatic carbocycles. The van der Waals surface area contributed by atoms with Crippen LogP contribution in [-0.2, 0) is 0 Å². The molecule has 104 valence electrons. The molecule has 19 heavy (non-hydrogen) atoms. The van der Waals surface area contributed by atoms with Crippen LogP contribution in [0.2, 0.25) is 0 Å². The van der Waals surface area contributed by atoms with Crippen molar-refractivity contribution >= 4 is 0 Å². The van der Waals surface area contributed by atoms with Crippen molar-refractivity contribution in [2.75, 3.05) is 13.2 Å². The molecule has 5 heteroatoms. The van der Waals surface area contributed by atoms with Gasteiger partial charge in [0.05, 0.1) is 18.8 Å². The molecular formula is C14H15F3O2. The van der Waals surface area contributed by atoms with Gasteiger partial charge in [-0.2, -0.15) is 13.2 Å². The predicted octanol–water partition coefficient (Wildman–Crippen LogP) is 3.14. The molecule has 0 spiro atoms. The Labute approximate surface area is 110 Å². The normalized spacial score (nSPS) is 10.7. The zero-order chi connectivity index (χ0) is 14.1. The van der Waals surface area contributed by atoms with Gasteiger partial charge >= 0.3 is 6.18 Å². The molecule has 1 aromatic rings. The van der Waals surface area contributed by atoms with E-state index in [4.69, 9.17) is 9.84 Å². The van der Waals surface area contributed by atoms with Crippen molar-refractivity contribution in [3.63, 3.8) is 0 Å². The van der Waals surface area contributed by atoms with Gasteiger partial charge in [-0.1, -0.05) is 24.0 Å². The van der Waals surface area contributed by atoms with Crippen LogP contribution in [0.3, 0.4) is 0 Å². The molecule has 1 aromatic carbocycles. The number of para-hydroxylation sites is 1. The molecule has 0 saturated heterocycles. The number of aliphatic hydroxyl groups excluding tert-OH is 1. The third kappa shape index (κ3) is 6.73. The number of rotatable bonds is 5. The Balaban J connectivity index is 2.52. The summed E-state index contributed by atoms with van der Waals surface area (Å²) in [5.74, 6) is 6.03. The lowest BCUT2D eigenvalue weighted by atomic mass is 10.2. The minimum absolute atomic E-state index is 0.00178. The first kappa shape index (κ1) is 15.4. The average Bonchev–Trinajstić information content (AvgIpc) is 2.35. The van der Waals surface area contributed by atoms with Crippen molar-refractivity contribution in [2.24, 2.45) is 0 Å². The van der Waals surface area contributed by atoms with Crippen LogP contribution in [0.5, 0.6) is 5.75 Å². The van der Waals surface area contributed by atoms with Gasteiger partial charge in [-0.15, -0.1) is 0 Å². The van der Waals surface area contributed by atoms with Crippen molar-refractivity contribution in [3.05, 3.63) is 29.8 Å². The van der Waals surface area contributed by atoms with Crippen LogP contribution in [0.4, 0.5) is 13.2 Å². The second-order valence-electron chi connectivity index (χ2n) is 3.84. The van der Waals surface area contributed by atoms with Gasteiger partial charge < -0.3 is 9.84 Å². The number of hydrogen-bond acceptors (Lipinski definition) is 2. The van der Waals surface area contributed by atoms with E-state index in [0.29, 0.717) is 17.7 Å². The van der Waals surface area contributed by atoms with Crippen molar-refractivity contribution in [1.29, 1.82) is 0 Å². The highest BCUT2D eigenvalue weighted by Crippen LogP contribution is 2.22. The quantitative estimate of drug-likeness (QED) is 0.659. The molecule has 0 fully saturated rings. The number of aliphatic hydroxyl groups is 1. The smallest absolute Gasteiger partial charge is 0.389 e. The molecule has 0 aliphatic rings. The van der Waals surface area contributed by atoms with Gasteiger partial charge in [0, 0.05) is 12.8 Å². The summed E-state index contributed by atoms with van der Waals surface area (Å²) in [5.41, 5.74) is 0.614. The third-order valence-corrected chi connectivity index (χ3v) is 2.21. The topological polar surface area (TPSA) is 29.5 Å². The lowest BCUT2D eigenvalue weighted by molar-refractivity contribution is -0.136. The highest BCUT2D eigenvalue weighted by molar-refractivity contribution is 5.45. The summed E-state index contributed by atoms with van der Waals surface area (Å²) in [5, 5.41) is 8.62. The van der Waals surface area contributed by atoms with Gasteiger partial charge in [0.1, 0.15) is 5.75 Å². The molecule has 0 unspecified atom stereocenters. The van der Waals surface area contributed by atoms with Crippen LogP contribution in [0, 0.1) is 11.8 Å². The summed E-state index contributed by atoms with van der Waals surface area (Å²) < 4.78 is 41.2. The van der Waals surface area contributed by atoms with Crippen LogP contribution in [0.1, 0.15) is 24.8 Å². The predicted molar refractivity (Wildman–Crippen MR) is 65.8 cm³/mol. The Hall–Kier alpha value is -1.67. The van der Waals surface area contributed by atoms with Gasteiger partial charge in [0.25, 0.3) is 0 Å². The first-order valence-electron chi connectivity index (χ1n) is 5.91. The fourth-order valence-corrected chi connectivity index (χ4v) is 1.36. The summed E-state index contributed by atoms with van der Waals surface area (Å²) >= 11 is 0. The first-order valence-corrected chi connectivity index (χ1v) is 5.91. The van der Waals surface area contributed by atoms with E-state index in [0.717, 1.165) is 0 Å². The van der Waals surface area contributed by atoms with Gasteiger partial charge in [-0.25, -0.2) is 0 Å². The number of hydrogen-bond donors (Lipinski definition) is 1. The minimum Gasteiger partial charge on any atom is -0.492 e. The maximum Gasteiger partial charge on any atom is 0.389 e. The van der Waals surface area contributed by atoms with E-state index in [2.05, 4.69) is 11.8 Å². The van der Waals surface area contributed by atoms with E-state index in [9.17, 15) is 13.2 Å². The van der Waals surface area contributed by atoms with Crippen LogP contribution in [-0.4, -0.2) is 24.5 Å². The first-order chi connectivity index (χ1) is 9.03. The molecule has 0 heterocycles. The van der Waals surface area contributed by atoms with Crippen LogP contribution < -0.4 is 4.74 Å². The van der Waals surface area contributed by atoms with Gasteiger partial charge in [-0.05, 0) is 18.6 Å². The molecule has 0 radical (unpaired) electrons.